The summed E-state index contributed by atoms with van der Waals surface area (Å²) in [6, 6.07) is 2.08. The van der Waals surface area contributed by atoms with E-state index in [4.69, 9.17) is 5.26 Å². The molecule has 22 heavy (non-hydrogen) atoms. The first-order chi connectivity index (χ1) is 10.5. The van der Waals surface area contributed by atoms with Gasteiger partial charge in [-0.25, -0.2) is 10.2 Å². The molecule has 0 atom stereocenters. The van der Waals surface area contributed by atoms with Crippen LogP contribution in [0.3, 0.4) is 0 Å². The summed E-state index contributed by atoms with van der Waals surface area (Å²) in [7, 11) is 0. The SMILES string of the molecule is CCOC(=O)NNC(=O)CCc1c(C)nn(CCC#N)c1C. The molecule has 2 N–H and O–H groups in total. The number of nitriles is 1. The number of nitrogens with zero attached hydrogens (tertiary/aromatic N) is 3. The zero-order chi connectivity index (χ0) is 16.5. The highest BCUT2D eigenvalue weighted by Gasteiger charge is 2.13. The van der Waals surface area contributed by atoms with E-state index in [0.29, 0.717) is 19.4 Å². The van der Waals surface area contributed by atoms with E-state index < -0.39 is 6.09 Å². The second kappa shape index (κ2) is 8.67. The number of ether oxygens (including phenoxy) is 1. The number of rotatable bonds is 6. The van der Waals surface area contributed by atoms with Crippen molar-refractivity contribution in [1.29, 1.82) is 5.26 Å². The van der Waals surface area contributed by atoms with Crippen molar-refractivity contribution >= 4 is 12.0 Å². The van der Waals surface area contributed by atoms with Crippen LogP contribution < -0.4 is 10.9 Å². The molecule has 0 spiro atoms. The molecule has 1 heterocycles. The van der Waals surface area contributed by atoms with Gasteiger partial charge in [-0.3, -0.25) is 14.9 Å². The Kier molecular flexibility index (Phi) is 6.89. The lowest BCUT2D eigenvalue weighted by atomic mass is 10.1. The Hall–Kier alpha value is -2.56. The zero-order valence-corrected chi connectivity index (χ0v) is 13.1. The fourth-order valence-corrected chi connectivity index (χ4v) is 2.06. The van der Waals surface area contributed by atoms with Crippen molar-refractivity contribution in [2.24, 2.45) is 0 Å². The molecule has 1 aromatic heterocycles. The van der Waals surface area contributed by atoms with Crippen LogP contribution in [0.1, 0.15) is 36.7 Å². The van der Waals surface area contributed by atoms with Crippen LogP contribution in [0.2, 0.25) is 0 Å². The number of hydrogen-bond donors (Lipinski definition) is 2. The van der Waals surface area contributed by atoms with Crippen LogP contribution in [0.15, 0.2) is 0 Å². The first kappa shape index (κ1) is 17.5. The van der Waals surface area contributed by atoms with Gasteiger partial charge in [0.2, 0.25) is 5.91 Å². The quantitative estimate of drug-likeness (QED) is 0.765. The van der Waals surface area contributed by atoms with Gasteiger partial charge in [-0.2, -0.15) is 10.4 Å². The van der Waals surface area contributed by atoms with Gasteiger partial charge in [0.05, 0.1) is 31.3 Å². The Morgan fingerprint density at radius 3 is 2.73 bits per heavy atom. The predicted octanol–water partition coefficient (Wildman–Crippen LogP) is 1.12. The summed E-state index contributed by atoms with van der Waals surface area (Å²) in [4.78, 5) is 22.7. The largest absolute Gasteiger partial charge is 0.449 e. The average Bonchev–Trinajstić information content (AvgIpc) is 2.75. The Balaban J connectivity index is 2.50. The number of amides is 2. The van der Waals surface area contributed by atoms with Gasteiger partial charge in [0, 0.05) is 12.1 Å². The van der Waals surface area contributed by atoms with Crippen molar-refractivity contribution in [2.75, 3.05) is 6.61 Å². The summed E-state index contributed by atoms with van der Waals surface area (Å²) in [5, 5.41) is 13.0. The number of nitrogens with one attached hydrogen (secondary N) is 2. The third-order valence-corrected chi connectivity index (χ3v) is 3.15. The van der Waals surface area contributed by atoms with Crippen LogP contribution in [0, 0.1) is 25.2 Å². The fraction of sp³-hybridized carbons (Fsp3) is 0.571. The predicted molar refractivity (Wildman–Crippen MR) is 78.6 cm³/mol. The van der Waals surface area contributed by atoms with Gasteiger partial charge in [-0.1, -0.05) is 0 Å². The van der Waals surface area contributed by atoms with Crippen molar-refractivity contribution in [2.45, 2.75) is 46.6 Å². The molecule has 1 aromatic rings. The maximum Gasteiger partial charge on any atom is 0.426 e. The molecule has 0 aromatic carbocycles. The third-order valence-electron chi connectivity index (χ3n) is 3.15. The number of carbonyl (C=O) groups is 2. The van der Waals surface area contributed by atoms with Gasteiger partial charge in [-0.05, 0) is 32.8 Å². The minimum absolute atomic E-state index is 0.220. The summed E-state index contributed by atoms with van der Waals surface area (Å²) in [5.41, 5.74) is 7.24. The van der Waals surface area contributed by atoms with Crippen molar-refractivity contribution < 1.29 is 14.3 Å². The summed E-state index contributed by atoms with van der Waals surface area (Å²) in [6.07, 6.45) is 0.441. The molecule has 8 heteroatoms. The first-order valence-electron chi connectivity index (χ1n) is 7.11. The van der Waals surface area contributed by atoms with Crippen LogP contribution in [0.4, 0.5) is 4.79 Å². The molecular weight excluding hydrogens is 286 g/mol. The van der Waals surface area contributed by atoms with E-state index in [1.807, 2.05) is 13.8 Å². The van der Waals surface area contributed by atoms with E-state index in [-0.39, 0.29) is 18.9 Å². The Labute approximate surface area is 129 Å². The molecule has 0 aliphatic carbocycles. The lowest BCUT2D eigenvalue weighted by Gasteiger charge is -2.07. The topological polar surface area (TPSA) is 109 Å². The molecule has 0 unspecified atom stereocenters. The normalized spacial score (nSPS) is 9.91. The van der Waals surface area contributed by atoms with Gasteiger partial charge in [0.25, 0.3) is 0 Å². The van der Waals surface area contributed by atoms with Gasteiger partial charge in [-0.15, -0.1) is 0 Å². The number of hydrogen-bond acceptors (Lipinski definition) is 5. The smallest absolute Gasteiger partial charge is 0.426 e. The Bertz CT molecular complexity index is 574. The van der Waals surface area contributed by atoms with Gasteiger partial charge >= 0.3 is 6.09 Å². The molecule has 0 aliphatic heterocycles. The standard InChI is InChI=1S/C14H21N5O3/c1-4-22-14(21)17-16-13(20)7-6-12-10(2)18-19(11(12)3)9-5-8-15/h4-7,9H2,1-3H3,(H,16,20)(H,17,21). The van der Waals surface area contributed by atoms with E-state index in [2.05, 4.69) is 26.8 Å². The van der Waals surface area contributed by atoms with Crippen LogP contribution in [-0.4, -0.2) is 28.4 Å². The molecule has 0 fully saturated rings. The van der Waals surface area contributed by atoms with Crippen molar-refractivity contribution in [1.82, 2.24) is 20.6 Å². The molecule has 2 amide bonds. The first-order valence-corrected chi connectivity index (χ1v) is 7.11. The highest BCUT2D eigenvalue weighted by molar-refractivity contribution is 5.79. The molecule has 1 rings (SSSR count). The number of aryl methyl sites for hydroxylation is 2. The monoisotopic (exact) mass is 307 g/mol. The summed E-state index contributed by atoms with van der Waals surface area (Å²) in [6.45, 7) is 6.25. The van der Waals surface area contributed by atoms with E-state index in [1.165, 1.54) is 0 Å². The van der Waals surface area contributed by atoms with Gasteiger partial charge < -0.3 is 4.74 Å². The molecule has 8 nitrogen and oxygen atoms in total. The Morgan fingerprint density at radius 1 is 1.36 bits per heavy atom. The maximum atomic E-state index is 11.7. The van der Waals surface area contributed by atoms with Gasteiger partial charge in [0.1, 0.15) is 0 Å². The van der Waals surface area contributed by atoms with Crippen molar-refractivity contribution in [3.63, 3.8) is 0 Å². The number of hydrazine groups is 1. The van der Waals surface area contributed by atoms with Crippen LogP contribution in [0.5, 0.6) is 0 Å². The highest BCUT2D eigenvalue weighted by atomic mass is 16.5. The molecule has 120 valence electrons. The molecule has 0 saturated heterocycles. The van der Waals surface area contributed by atoms with Crippen LogP contribution in [0.25, 0.3) is 0 Å². The van der Waals surface area contributed by atoms with Crippen molar-refractivity contribution in [3.05, 3.63) is 17.0 Å². The van der Waals surface area contributed by atoms with E-state index >= 15 is 0 Å². The summed E-state index contributed by atoms with van der Waals surface area (Å²) in [5.74, 6) is -0.309. The second-order valence-electron chi connectivity index (χ2n) is 4.67. The summed E-state index contributed by atoms with van der Waals surface area (Å²) < 4.78 is 6.41. The molecule has 0 aliphatic rings. The maximum absolute atomic E-state index is 11.7. The fourth-order valence-electron chi connectivity index (χ4n) is 2.06. The molecular formula is C14H21N5O3. The van der Waals surface area contributed by atoms with Crippen LogP contribution >= 0.6 is 0 Å². The number of aromatic nitrogens is 2. The molecule has 0 radical (unpaired) electrons. The lowest BCUT2D eigenvalue weighted by molar-refractivity contribution is -0.121. The van der Waals surface area contributed by atoms with E-state index in [0.717, 1.165) is 17.0 Å². The minimum Gasteiger partial charge on any atom is -0.449 e. The van der Waals surface area contributed by atoms with Crippen LogP contribution in [-0.2, 0) is 22.5 Å². The summed E-state index contributed by atoms with van der Waals surface area (Å²) >= 11 is 0. The average molecular weight is 307 g/mol. The van der Waals surface area contributed by atoms with Gasteiger partial charge in [0.15, 0.2) is 0 Å². The van der Waals surface area contributed by atoms with E-state index in [1.54, 1.807) is 11.6 Å². The van der Waals surface area contributed by atoms with E-state index in [9.17, 15) is 9.59 Å². The van der Waals surface area contributed by atoms with Crippen molar-refractivity contribution in [3.8, 4) is 6.07 Å². The molecule has 0 saturated carbocycles. The highest BCUT2D eigenvalue weighted by Crippen LogP contribution is 2.15. The zero-order valence-electron chi connectivity index (χ0n) is 13.1. The second-order valence-corrected chi connectivity index (χ2v) is 4.67. The minimum atomic E-state index is -0.687. The third kappa shape index (κ3) is 5.09. The molecule has 0 bridgehead atoms. The Morgan fingerprint density at radius 2 is 2.09 bits per heavy atom. The lowest BCUT2D eigenvalue weighted by Crippen LogP contribution is -2.42. The number of carbonyl (C=O) groups excluding carboxylic acids is 2.